The number of hydrogen-bond donors (Lipinski definition) is 1. The van der Waals surface area contributed by atoms with Gasteiger partial charge in [-0.1, -0.05) is 20.3 Å². The van der Waals surface area contributed by atoms with Gasteiger partial charge in [-0.15, -0.1) is 0 Å². The van der Waals surface area contributed by atoms with Crippen molar-refractivity contribution < 1.29 is 5.21 Å². The van der Waals surface area contributed by atoms with Crippen LogP contribution in [-0.2, 0) is 0 Å². The van der Waals surface area contributed by atoms with E-state index in [0.29, 0.717) is 6.54 Å². The first-order chi connectivity index (χ1) is 4.54. The van der Waals surface area contributed by atoms with Crippen LogP contribution in [-0.4, -0.2) is 22.4 Å². The minimum atomic E-state index is -0.0521. The smallest absolute Gasteiger partial charge is 0.0404 e. The van der Waals surface area contributed by atoms with Crippen LogP contribution in [0.25, 0.3) is 0 Å². The lowest BCUT2D eigenvalue weighted by molar-refractivity contribution is -0.160. The third-order valence-electron chi connectivity index (χ3n) is 1.86. The van der Waals surface area contributed by atoms with Gasteiger partial charge < -0.3 is 5.21 Å². The molecule has 0 aromatic carbocycles. The van der Waals surface area contributed by atoms with Gasteiger partial charge in [-0.2, -0.15) is 5.06 Å². The van der Waals surface area contributed by atoms with Gasteiger partial charge in [-0.3, -0.25) is 0 Å². The van der Waals surface area contributed by atoms with E-state index in [1.807, 2.05) is 6.92 Å². The van der Waals surface area contributed by atoms with Crippen molar-refractivity contribution in [2.75, 3.05) is 6.54 Å². The molecule has 0 rings (SSSR count). The van der Waals surface area contributed by atoms with Crippen molar-refractivity contribution >= 4 is 0 Å². The Balaban J connectivity index is 3.82. The van der Waals surface area contributed by atoms with E-state index in [2.05, 4.69) is 20.8 Å². The van der Waals surface area contributed by atoms with Gasteiger partial charge in [0.1, 0.15) is 0 Å². The summed E-state index contributed by atoms with van der Waals surface area (Å²) in [6, 6.07) is 0. The average molecular weight is 145 g/mol. The van der Waals surface area contributed by atoms with Crippen LogP contribution in [0.1, 0.15) is 40.5 Å². The molecule has 10 heavy (non-hydrogen) atoms. The quantitative estimate of drug-likeness (QED) is 0.613. The maximum Gasteiger partial charge on any atom is 0.0404 e. The Morgan fingerprint density at radius 2 is 1.80 bits per heavy atom. The van der Waals surface area contributed by atoms with E-state index in [-0.39, 0.29) is 5.54 Å². The summed E-state index contributed by atoms with van der Waals surface area (Å²) >= 11 is 0. The van der Waals surface area contributed by atoms with Crippen LogP contribution in [0.5, 0.6) is 0 Å². The van der Waals surface area contributed by atoms with Crippen molar-refractivity contribution in [3.63, 3.8) is 0 Å². The summed E-state index contributed by atoms with van der Waals surface area (Å²) in [5.74, 6) is 0. The van der Waals surface area contributed by atoms with Gasteiger partial charge in [-0.05, 0) is 20.3 Å². The largest absolute Gasteiger partial charge is 0.313 e. The Labute approximate surface area is 63.8 Å². The van der Waals surface area contributed by atoms with Gasteiger partial charge in [0, 0.05) is 12.1 Å². The molecule has 0 aliphatic rings. The Morgan fingerprint density at radius 1 is 1.30 bits per heavy atom. The second kappa shape index (κ2) is 3.94. The molecule has 0 saturated heterocycles. The van der Waals surface area contributed by atoms with Crippen LogP contribution < -0.4 is 0 Å². The zero-order valence-corrected chi connectivity index (χ0v) is 7.52. The number of rotatable bonds is 4. The van der Waals surface area contributed by atoms with Crippen LogP contribution in [0.15, 0.2) is 0 Å². The van der Waals surface area contributed by atoms with Crippen LogP contribution in [0, 0.1) is 0 Å². The molecule has 0 aromatic rings. The molecule has 2 nitrogen and oxygen atoms in total. The molecular formula is C8H19NO. The van der Waals surface area contributed by atoms with Gasteiger partial charge >= 0.3 is 0 Å². The first-order valence-corrected chi connectivity index (χ1v) is 4.01. The molecule has 0 aliphatic carbocycles. The minimum Gasteiger partial charge on any atom is -0.313 e. The Hall–Kier alpha value is -0.0800. The summed E-state index contributed by atoms with van der Waals surface area (Å²) in [6.07, 6.45) is 2.15. The maximum absolute atomic E-state index is 9.35. The summed E-state index contributed by atoms with van der Waals surface area (Å²) in [5, 5.41) is 10.7. The normalized spacial score (nSPS) is 12.6. The van der Waals surface area contributed by atoms with Crippen LogP contribution in [0.3, 0.4) is 0 Å². The Kier molecular flexibility index (Phi) is 3.91. The summed E-state index contributed by atoms with van der Waals surface area (Å²) in [4.78, 5) is 0. The van der Waals surface area contributed by atoms with Gasteiger partial charge in [-0.25, -0.2) is 0 Å². The summed E-state index contributed by atoms with van der Waals surface area (Å²) in [7, 11) is 0. The zero-order chi connectivity index (χ0) is 8.20. The lowest BCUT2D eigenvalue weighted by Gasteiger charge is -2.32. The predicted octanol–water partition coefficient (Wildman–Crippen LogP) is 2.28. The molecule has 0 fully saturated rings. The predicted molar refractivity (Wildman–Crippen MR) is 43.2 cm³/mol. The summed E-state index contributed by atoms with van der Waals surface area (Å²) in [6.45, 7) is 8.90. The van der Waals surface area contributed by atoms with Crippen molar-refractivity contribution in [3.05, 3.63) is 0 Å². The van der Waals surface area contributed by atoms with Crippen LogP contribution in [0.4, 0.5) is 0 Å². The molecule has 0 unspecified atom stereocenters. The van der Waals surface area contributed by atoms with E-state index in [0.717, 1.165) is 12.8 Å². The Bertz CT molecular complexity index is 91.3. The fourth-order valence-corrected chi connectivity index (χ4v) is 1.17. The molecule has 62 valence electrons. The van der Waals surface area contributed by atoms with Crippen molar-refractivity contribution in [2.24, 2.45) is 0 Å². The minimum absolute atomic E-state index is 0.0521. The van der Waals surface area contributed by atoms with Gasteiger partial charge in [0.25, 0.3) is 0 Å². The lowest BCUT2D eigenvalue weighted by Crippen LogP contribution is -2.41. The Morgan fingerprint density at radius 3 is 2.10 bits per heavy atom. The number of hydrogen-bond acceptors (Lipinski definition) is 2. The molecule has 0 amide bonds. The fraction of sp³-hybridized carbons (Fsp3) is 1.00. The van der Waals surface area contributed by atoms with Gasteiger partial charge in [0.15, 0.2) is 0 Å². The molecule has 0 saturated carbocycles. The van der Waals surface area contributed by atoms with Gasteiger partial charge in [0.05, 0.1) is 0 Å². The number of nitrogens with zero attached hydrogens (tertiary/aromatic N) is 1. The monoisotopic (exact) mass is 145 g/mol. The topological polar surface area (TPSA) is 23.5 Å². The molecular weight excluding hydrogens is 126 g/mol. The molecule has 0 aromatic heterocycles. The van der Waals surface area contributed by atoms with Gasteiger partial charge in [0.2, 0.25) is 0 Å². The van der Waals surface area contributed by atoms with E-state index in [4.69, 9.17) is 0 Å². The van der Waals surface area contributed by atoms with Crippen molar-refractivity contribution in [2.45, 2.75) is 46.1 Å². The maximum atomic E-state index is 9.35. The molecule has 0 aliphatic heterocycles. The van der Waals surface area contributed by atoms with E-state index in [1.54, 1.807) is 0 Å². The molecule has 1 N–H and O–H groups in total. The molecule has 0 radical (unpaired) electrons. The number of hydroxylamine groups is 2. The first-order valence-electron chi connectivity index (χ1n) is 4.01. The highest BCUT2D eigenvalue weighted by Crippen LogP contribution is 2.17. The van der Waals surface area contributed by atoms with E-state index in [1.165, 1.54) is 5.06 Å². The van der Waals surface area contributed by atoms with Crippen molar-refractivity contribution in [3.8, 4) is 0 Å². The SMILES string of the molecule is CCCC(C)(C)N(O)CC. The molecule has 0 spiro atoms. The standard InChI is InChI=1S/C8H19NO/c1-5-7-8(3,4)9(10)6-2/h10H,5-7H2,1-4H3. The highest BCUT2D eigenvalue weighted by Gasteiger charge is 2.22. The summed E-state index contributed by atoms with van der Waals surface area (Å²) < 4.78 is 0. The van der Waals surface area contributed by atoms with E-state index >= 15 is 0 Å². The molecule has 0 heterocycles. The third kappa shape index (κ3) is 2.67. The van der Waals surface area contributed by atoms with Crippen LogP contribution in [0.2, 0.25) is 0 Å². The van der Waals surface area contributed by atoms with E-state index < -0.39 is 0 Å². The molecule has 0 atom stereocenters. The molecule has 2 heteroatoms. The first kappa shape index (κ1) is 9.92. The highest BCUT2D eigenvalue weighted by atomic mass is 16.5. The second-order valence-electron chi connectivity index (χ2n) is 3.28. The van der Waals surface area contributed by atoms with Crippen molar-refractivity contribution in [1.82, 2.24) is 5.06 Å². The zero-order valence-electron chi connectivity index (χ0n) is 7.52. The lowest BCUT2D eigenvalue weighted by atomic mass is 9.99. The highest BCUT2D eigenvalue weighted by molar-refractivity contribution is 4.74. The molecule has 0 bridgehead atoms. The van der Waals surface area contributed by atoms with E-state index in [9.17, 15) is 5.21 Å². The average Bonchev–Trinajstić information content (AvgIpc) is 1.86. The van der Waals surface area contributed by atoms with Crippen LogP contribution >= 0.6 is 0 Å². The second-order valence-corrected chi connectivity index (χ2v) is 3.28. The van der Waals surface area contributed by atoms with Crippen molar-refractivity contribution in [1.29, 1.82) is 0 Å². The summed E-state index contributed by atoms with van der Waals surface area (Å²) in [5.41, 5.74) is -0.0521. The fourth-order valence-electron chi connectivity index (χ4n) is 1.17. The third-order valence-corrected chi connectivity index (χ3v) is 1.86.